The molecule has 2 amide bonds. The average molecular weight is 545 g/mol. The molecule has 0 spiro atoms. The van der Waals surface area contributed by atoms with E-state index in [1.54, 1.807) is 30.3 Å². The minimum Gasteiger partial charge on any atom is -0.451 e. The lowest BCUT2D eigenvalue weighted by molar-refractivity contribution is -0.131. The van der Waals surface area contributed by atoms with Crippen LogP contribution in [0.1, 0.15) is 30.3 Å². The van der Waals surface area contributed by atoms with E-state index in [2.05, 4.69) is 15.5 Å². The molecule has 0 bridgehead atoms. The molecule has 0 radical (unpaired) electrons. The average Bonchev–Trinajstić information content (AvgIpc) is 3.37. The fourth-order valence-electron chi connectivity index (χ4n) is 3.93. The molecular weight excluding hydrogens is 519 g/mol. The Morgan fingerprint density at radius 2 is 1.69 bits per heavy atom. The zero-order valence-electron chi connectivity index (χ0n) is 19.7. The van der Waals surface area contributed by atoms with E-state index in [0.29, 0.717) is 27.8 Å². The second kappa shape index (κ2) is 11.8. The van der Waals surface area contributed by atoms with Gasteiger partial charge >= 0.3 is 0 Å². The monoisotopic (exact) mass is 544 g/mol. The normalized spacial score (nSPS) is 13.4. The van der Waals surface area contributed by atoms with Crippen LogP contribution in [0.2, 0.25) is 10.0 Å². The number of piperazine rings is 1. The molecule has 188 valence electrons. The van der Waals surface area contributed by atoms with Gasteiger partial charge in [-0.05, 0) is 73.2 Å². The summed E-state index contributed by atoms with van der Waals surface area (Å²) in [7, 11) is 0. The van der Waals surface area contributed by atoms with Crippen molar-refractivity contribution >= 4 is 63.7 Å². The predicted octanol–water partition coefficient (Wildman–Crippen LogP) is 5.83. The summed E-state index contributed by atoms with van der Waals surface area (Å²) in [5.41, 5.74) is 2.53. The molecule has 2 aromatic carbocycles. The van der Waals surface area contributed by atoms with Crippen molar-refractivity contribution in [3.63, 3.8) is 0 Å². The zero-order valence-corrected chi connectivity index (χ0v) is 22.1. The van der Waals surface area contributed by atoms with E-state index >= 15 is 0 Å². The third-order valence-corrected chi connectivity index (χ3v) is 6.79. The highest BCUT2D eigenvalue weighted by molar-refractivity contribution is 7.80. The number of carbonyl (C=O) groups excluding carboxylic acids is 2. The van der Waals surface area contributed by atoms with Crippen LogP contribution in [0.4, 0.5) is 11.4 Å². The lowest BCUT2D eigenvalue weighted by atomic mass is 10.2. The first-order valence-electron chi connectivity index (χ1n) is 11.6. The fourth-order valence-corrected chi connectivity index (χ4v) is 4.44. The number of anilines is 2. The van der Waals surface area contributed by atoms with Crippen molar-refractivity contribution in [3.05, 3.63) is 70.4 Å². The fraction of sp³-hybridized carbons (Fsp3) is 0.269. The van der Waals surface area contributed by atoms with Crippen LogP contribution >= 0.6 is 35.4 Å². The summed E-state index contributed by atoms with van der Waals surface area (Å²) in [6, 6.07) is 16.1. The van der Waals surface area contributed by atoms with Crippen molar-refractivity contribution in [1.82, 2.24) is 10.2 Å². The molecule has 3 aromatic rings. The summed E-state index contributed by atoms with van der Waals surface area (Å²) in [4.78, 5) is 28.8. The molecule has 1 aliphatic heterocycles. The van der Waals surface area contributed by atoms with Gasteiger partial charge in [0.2, 0.25) is 5.91 Å². The molecule has 2 N–H and O–H groups in total. The quantitative estimate of drug-likeness (QED) is 0.380. The molecule has 1 aliphatic rings. The highest BCUT2D eigenvalue weighted by Crippen LogP contribution is 2.29. The van der Waals surface area contributed by atoms with Gasteiger partial charge in [-0.25, -0.2) is 0 Å². The van der Waals surface area contributed by atoms with Crippen LogP contribution in [0.3, 0.4) is 0 Å². The topological polar surface area (TPSA) is 77.8 Å². The number of halogens is 2. The third-order valence-electron chi connectivity index (χ3n) is 5.85. The Balaban J connectivity index is 1.29. The number of hydrogen-bond donors (Lipinski definition) is 2. The van der Waals surface area contributed by atoms with E-state index in [4.69, 9.17) is 39.8 Å². The van der Waals surface area contributed by atoms with Crippen LogP contribution < -0.4 is 15.5 Å². The smallest absolute Gasteiger partial charge is 0.293 e. The molecule has 7 nitrogen and oxygen atoms in total. The summed E-state index contributed by atoms with van der Waals surface area (Å²) in [6.45, 7) is 5.07. The van der Waals surface area contributed by atoms with E-state index in [-0.39, 0.29) is 16.8 Å². The number of nitrogens with one attached hydrogen (secondary N) is 2. The van der Waals surface area contributed by atoms with Gasteiger partial charge in [0, 0.05) is 49.5 Å². The summed E-state index contributed by atoms with van der Waals surface area (Å²) in [5.74, 6) is 0.370. The number of amides is 2. The largest absolute Gasteiger partial charge is 0.451 e. The van der Waals surface area contributed by atoms with Gasteiger partial charge < -0.3 is 19.5 Å². The Morgan fingerprint density at radius 3 is 2.36 bits per heavy atom. The Bertz CT molecular complexity index is 1250. The molecule has 1 saturated heterocycles. The maximum Gasteiger partial charge on any atom is 0.293 e. The molecule has 2 heterocycles. The summed E-state index contributed by atoms with van der Waals surface area (Å²) < 4.78 is 5.66. The van der Waals surface area contributed by atoms with Gasteiger partial charge in [-0.1, -0.05) is 30.1 Å². The van der Waals surface area contributed by atoms with Gasteiger partial charge in [-0.3, -0.25) is 14.9 Å². The molecule has 1 fully saturated rings. The summed E-state index contributed by atoms with van der Waals surface area (Å²) in [5, 5.41) is 6.64. The van der Waals surface area contributed by atoms with E-state index in [9.17, 15) is 9.59 Å². The number of benzene rings is 2. The molecule has 0 unspecified atom stereocenters. The van der Waals surface area contributed by atoms with Gasteiger partial charge in [0.15, 0.2) is 10.9 Å². The minimum absolute atomic E-state index is 0.118. The van der Waals surface area contributed by atoms with Crippen molar-refractivity contribution in [2.75, 3.05) is 36.4 Å². The molecule has 0 aliphatic carbocycles. The highest BCUT2D eigenvalue weighted by atomic mass is 35.5. The second-order valence-electron chi connectivity index (χ2n) is 8.37. The highest BCUT2D eigenvalue weighted by Gasteiger charge is 2.20. The van der Waals surface area contributed by atoms with Gasteiger partial charge in [-0.15, -0.1) is 0 Å². The first-order valence-corrected chi connectivity index (χ1v) is 12.8. The Hall–Kier alpha value is -3.07. The van der Waals surface area contributed by atoms with Crippen molar-refractivity contribution in [1.29, 1.82) is 0 Å². The van der Waals surface area contributed by atoms with E-state index < -0.39 is 5.91 Å². The zero-order chi connectivity index (χ0) is 25.7. The van der Waals surface area contributed by atoms with Crippen molar-refractivity contribution in [2.45, 2.75) is 19.8 Å². The van der Waals surface area contributed by atoms with Crippen LogP contribution in [0.15, 0.2) is 59.0 Å². The van der Waals surface area contributed by atoms with Gasteiger partial charge in [0.25, 0.3) is 5.91 Å². The number of carbonyl (C=O) groups is 2. The third kappa shape index (κ3) is 6.37. The minimum atomic E-state index is -0.467. The number of hydrogen-bond acceptors (Lipinski definition) is 5. The second-order valence-corrected chi connectivity index (χ2v) is 9.59. The SMILES string of the molecule is CCCC(=O)N1CCN(c2ccc(NC(=S)NC(=O)c3ccc(-c4ccc(Cl)c(Cl)c4)o3)cc2)CC1. The lowest BCUT2D eigenvalue weighted by Gasteiger charge is -2.36. The van der Waals surface area contributed by atoms with Gasteiger partial charge in [-0.2, -0.15) is 0 Å². The molecule has 4 rings (SSSR count). The van der Waals surface area contributed by atoms with Crippen LogP contribution in [-0.4, -0.2) is 48.0 Å². The number of furan rings is 1. The predicted molar refractivity (Wildman–Crippen MR) is 148 cm³/mol. The van der Waals surface area contributed by atoms with Crippen molar-refractivity contribution in [3.8, 4) is 11.3 Å². The molecule has 0 saturated carbocycles. The summed E-state index contributed by atoms with van der Waals surface area (Å²) >= 11 is 17.3. The maximum absolute atomic E-state index is 12.6. The first kappa shape index (κ1) is 26.0. The van der Waals surface area contributed by atoms with Gasteiger partial charge in [0.1, 0.15) is 5.76 Å². The van der Waals surface area contributed by atoms with E-state index in [1.165, 1.54) is 0 Å². The lowest BCUT2D eigenvalue weighted by Crippen LogP contribution is -2.48. The molecule has 10 heteroatoms. The molecule has 36 heavy (non-hydrogen) atoms. The van der Waals surface area contributed by atoms with Crippen LogP contribution in [-0.2, 0) is 4.79 Å². The van der Waals surface area contributed by atoms with Crippen LogP contribution in [0, 0.1) is 0 Å². The Morgan fingerprint density at radius 1 is 0.972 bits per heavy atom. The number of rotatable bonds is 6. The van der Waals surface area contributed by atoms with Crippen molar-refractivity contribution < 1.29 is 14.0 Å². The number of thiocarbonyl (C=S) groups is 1. The van der Waals surface area contributed by atoms with E-state index in [0.717, 1.165) is 44.0 Å². The maximum atomic E-state index is 12.6. The van der Waals surface area contributed by atoms with Crippen molar-refractivity contribution in [2.24, 2.45) is 0 Å². The Labute approximate surface area is 225 Å². The molecule has 1 aromatic heterocycles. The number of nitrogens with zero attached hydrogens (tertiary/aromatic N) is 2. The van der Waals surface area contributed by atoms with E-state index in [1.807, 2.05) is 36.1 Å². The Kier molecular flexibility index (Phi) is 8.51. The molecule has 0 atom stereocenters. The summed E-state index contributed by atoms with van der Waals surface area (Å²) in [6.07, 6.45) is 1.48. The standard InChI is InChI=1S/C26H26Cl2N4O3S/c1-2-3-24(33)32-14-12-31(13-15-32)19-7-5-18(6-8-19)29-26(36)30-25(34)23-11-10-22(35-23)17-4-9-20(27)21(28)16-17/h4-11,16H,2-3,12-15H2,1H3,(H2,29,30,34,36). The van der Waals surface area contributed by atoms with Crippen LogP contribution in [0.5, 0.6) is 0 Å². The van der Waals surface area contributed by atoms with Crippen LogP contribution in [0.25, 0.3) is 11.3 Å². The molecular formula is C26H26Cl2N4O3S. The van der Waals surface area contributed by atoms with Gasteiger partial charge in [0.05, 0.1) is 10.0 Å². The first-order chi connectivity index (χ1) is 17.3.